The smallest absolute Gasteiger partial charge is 0.214 e. The molecule has 1 N–H and O–H groups in total. The maximum absolute atomic E-state index is 13.7. The second-order valence-corrected chi connectivity index (χ2v) is 8.03. The van der Waals surface area contributed by atoms with Gasteiger partial charge in [-0.3, -0.25) is 4.98 Å². The van der Waals surface area contributed by atoms with E-state index in [-0.39, 0.29) is 21.3 Å². The number of halogens is 1. The van der Waals surface area contributed by atoms with Crippen LogP contribution >= 0.6 is 0 Å². The molecule has 0 saturated carbocycles. The molecule has 4 aromatic rings. The molecule has 0 atom stereocenters. The molecule has 0 saturated heterocycles. The SMILES string of the molecule is CNc1nn2c(-c3ccncc3)cc(C)nc2c1S(=O)(=O)c1cccc(F)c1. The van der Waals surface area contributed by atoms with Crippen LogP contribution in [0.5, 0.6) is 0 Å². The van der Waals surface area contributed by atoms with Gasteiger partial charge in [0.1, 0.15) is 5.82 Å². The maximum atomic E-state index is 13.7. The average molecular weight is 397 g/mol. The first-order chi connectivity index (χ1) is 13.4. The predicted molar refractivity (Wildman–Crippen MR) is 102 cm³/mol. The zero-order valence-electron chi connectivity index (χ0n) is 15.1. The summed E-state index contributed by atoms with van der Waals surface area (Å²) in [7, 11) is -2.49. The lowest BCUT2D eigenvalue weighted by molar-refractivity contribution is 0.591. The summed E-state index contributed by atoms with van der Waals surface area (Å²) in [5, 5.41) is 7.23. The minimum atomic E-state index is -4.06. The highest BCUT2D eigenvalue weighted by Gasteiger charge is 2.29. The first kappa shape index (κ1) is 18.1. The summed E-state index contributed by atoms with van der Waals surface area (Å²) in [5.74, 6) is -0.497. The van der Waals surface area contributed by atoms with Crippen molar-refractivity contribution in [3.63, 3.8) is 0 Å². The summed E-state index contributed by atoms with van der Waals surface area (Å²) in [4.78, 5) is 8.17. The lowest BCUT2D eigenvalue weighted by atomic mass is 10.2. The second-order valence-electron chi connectivity index (χ2n) is 6.14. The lowest BCUT2D eigenvalue weighted by Gasteiger charge is -2.07. The van der Waals surface area contributed by atoms with Crippen molar-refractivity contribution in [3.05, 3.63) is 66.4 Å². The summed E-state index contributed by atoms with van der Waals surface area (Å²) in [6.45, 7) is 1.77. The molecule has 9 heteroatoms. The highest BCUT2D eigenvalue weighted by molar-refractivity contribution is 7.91. The largest absolute Gasteiger partial charge is 0.370 e. The van der Waals surface area contributed by atoms with Gasteiger partial charge in [-0.1, -0.05) is 6.07 Å². The number of pyridine rings is 1. The molecule has 1 aromatic carbocycles. The van der Waals surface area contributed by atoms with Crippen LogP contribution in [0.4, 0.5) is 10.2 Å². The van der Waals surface area contributed by atoms with Crippen LogP contribution in [0, 0.1) is 12.7 Å². The van der Waals surface area contributed by atoms with Crippen LogP contribution in [0.2, 0.25) is 0 Å². The highest BCUT2D eigenvalue weighted by Crippen LogP contribution is 2.33. The van der Waals surface area contributed by atoms with Gasteiger partial charge in [0, 0.05) is 30.7 Å². The Morgan fingerprint density at radius 1 is 1.11 bits per heavy atom. The molecule has 3 heterocycles. The van der Waals surface area contributed by atoms with E-state index in [4.69, 9.17) is 0 Å². The quantitative estimate of drug-likeness (QED) is 0.569. The molecule has 0 radical (unpaired) electrons. The zero-order chi connectivity index (χ0) is 19.9. The Hall–Kier alpha value is -3.33. The second kappa shape index (κ2) is 6.68. The van der Waals surface area contributed by atoms with Gasteiger partial charge in [0.25, 0.3) is 0 Å². The Balaban J connectivity index is 2.06. The van der Waals surface area contributed by atoms with Crippen LogP contribution in [0.1, 0.15) is 5.69 Å². The van der Waals surface area contributed by atoms with Gasteiger partial charge in [-0.25, -0.2) is 22.3 Å². The van der Waals surface area contributed by atoms with Gasteiger partial charge in [0.15, 0.2) is 16.4 Å². The third kappa shape index (κ3) is 2.89. The third-order valence-electron chi connectivity index (χ3n) is 4.26. The van der Waals surface area contributed by atoms with E-state index in [1.165, 1.54) is 22.7 Å². The minimum Gasteiger partial charge on any atom is -0.370 e. The van der Waals surface area contributed by atoms with E-state index in [1.54, 1.807) is 38.5 Å². The van der Waals surface area contributed by atoms with Crippen LogP contribution in [-0.2, 0) is 9.84 Å². The molecule has 0 aliphatic carbocycles. The fourth-order valence-corrected chi connectivity index (χ4v) is 4.54. The number of fused-ring (bicyclic) bond motifs is 1. The van der Waals surface area contributed by atoms with E-state index < -0.39 is 15.7 Å². The predicted octanol–water partition coefficient (Wildman–Crippen LogP) is 3.11. The Labute approximate surface area is 160 Å². The lowest BCUT2D eigenvalue weighted by Crippen LogP contribution is -2.06. The van der Waals surface area contributed by atoms with Crippen LogP contribution in [0.25, 0.3) is 16.9 Å². The number of nitrogens with zero attached hydrogens (tertiary/aromatic N) is 4. The number of hydrogen-bond donors (Lipinski definition) is 1. The Morgan fingerprint density at radius 2 is 1.86 bits per heavy atom. The van der Waals surface area contributed by atoms with Crippen molar-refractivity contribution >= 4 is 21.3 Å². The molecule has 3 aromatic heterocycles. The van der Waals surface area contributed by atoms with Crippen LogP contribution in [0.3, 0.4) is 0 Å². The molecule has 0 aliphatic heterocycles. The van der Waals surface area contributed by atoms with Crippen LogP contribution < -0.4 is 5.32 Å². The molecular formula is C19H16FN5O2S. The van der Waals surface area contributed by atoms with Crippen LogP contribution in [-0.4, -0.2) is 35.0 Å². The van der Waals surface area contributed by atoms with Gasteiger partial charge in [-0.2, -0.15) is 0 Å². The summed E-state index contributed by atoms with van der Waals surface area (Å²) in [6, 6.07) is 10.3. The average Bonchev–Trinajstić information content (AvgIpc) is 3.07. The molecule has 4 rings (SSSR count). The van der Waals surface area contributed by atoms with Gasteiger partial charge in [-0.05, 0) is 43.3 Å². The monoisotopic (exact) mass is 397 g/mol. The first-order valence-corrected chi connectivity index (χ1v) is 9.89. The molecule has 7 nitrogen and oxygen atoms in total. The number of hydrogen-bond acceptors (Lipinski definition) is 6. The zero-order valence-corrected chi connectivity index (χ0v) is 15.9. The molecule has 28 heavy (non-hydrogen) atoms. The van der Waals surface area contributed by atoms with Crippen molar-refractivity contribution in [1.82, 2.24) is 19.6 Å². The van der Waals surface area contributed by atoms with Gasteiger partial charge >= 0.3 is 0 Å². The molecule has 142 valence electrons. The van der Waals surface area contributed by atoms with E-state index in [0.29, 0.717) is 11.4 Å². The van der Waals surface area contributed by atoms with Crippen molar-refractivity contribution in [1.29, 1.82) is 0 Å². The number of aryl methyl sites for hydroxylation is 1. The number of sulfone groups is 1. The van der Waals surface area contributed by atoms with Crippen molar-refractivity contribution in [2.75, 3.05) is 12.4 Å². The molecule has 0 spiro atoms. The van der Waals surface area contributed by atoms with Gasteiger partial charge in [-0.15, -0.1) is 5.10 Å². The van der Waals surface area contributed by atoms with E-state index in [1.807, 2.05) is 6.07 Å². The molecule has 0 bridgehead atoms. The molecule has 0 aliphatic rings. The van der Waals surface area contributed by atoms with Crippen molar-refractivity contribution < 1.29 is 12.8 Å². The van der Waals surface area contributed by atoms with Gasteiger partial charge < -0.3 is 5.32 Å². The number of nitrogens with one attached hydrogen (secondary N) is 1. The number of benzene rings is 1. The number of anilines is 1. The Morgan fingerprint density at radius 3 is 2.54 bits per heavy atom. The Bertz CT molecular complexity index is 1290. The van der Waals surface area contributed by atoms with E-state index in [0.717, 1.165) is 11.6 Å². The summed E-state index contributed by atoms with van der Waals surface area (Å²) >= 11 is 0. The topological polar surface area (TPSA) is 89.2 Å². The fourth-order valence-electron chi connectivity index (χ4n) is 3.01. The normalized spacial score (nSPS) is 11.7. The summed E-state index contributed by atoms with van der Waals surface area (Å²) in [5.41, 5.74) is 2.27. The molecule has 0 amide bonds. The van der Waals surface area contributed by atoms with Crippen molar-refractivity contribution in [2.24, 2.45) is 0 Å². The van der Waals surface area contributed by atoms with E-state index in [2.05, 4.69) is 20.4 Å². The number of aromatic nitrogens is 4. The van der Waals surface area contributed by atoms with Crippen LogP contribution in [0.15, 0.2) is 64.6 Å². The molecule has 0 fully saturated rings. The summed E-state index contributed by atoms with van der Waals surface area (Å²) < 4.78 is 41.7. The fraction of sp³-hybridized carbons (Fsp3) is 0.105. The molecular weight excluding hydrogens is 381 g/mol. The molecule has 0 unspecified atom stereocenters. The van der Waals surface area contributed by atoms with Crippen molar-refractivity contribution in [3.8, 4) is 11.3 Å². The standard InChI is InChI=1S/C19H16FN5O2S/c1-12-10-16(13-6-8-22-9-7-13)25-19(23-12)17(18(21-2)24-25)28(26,27)15-5-3-4-14(20)11-15/h3-11H,1-2H3,(H,21,24). The van der Waals surface area contributed by atoms with Crippen molar-refractivity contribution in [2.45, 2.75) is 16.7 Å². The minimum absolute atomic E-state index is 0.0976. The highest BCUT2D eigenvalue weighted by atomic mass is 32.2. The van der Waals surface area contributed by atoms with Gasteiger partial charge in [0.05, 0.1) is 10.6 Å². The Kier molecular flexibility index (Phi) is 4.31. The number of rotatable bonds is 4. The maximum Gasteiger partial charge on any atom is 0.214 e. The van der Waals surface area contributed by atoms with E-state index >= 15 is 0 Å². The van der Waals surface area contributed by atoms with Gasteiger partial charge in [0.2, 0.25) is 9.84 Å². The van der Waals surface area contributed by atoms with E-state index in [9.17, 15) is 12.8 Å². The summed E-state index contributed by atoms with van der Waals surface area (Å²) in [6.07, 6.45) is 3.29. The third-order valence-corrected chi connectivity index (χ3v) is 6.05. The first-order valence-electron chi connectivity index (χ1n) is 8.41.